The number of halogens is 1. The van der Waals surface area contributed by atoms with Gasteiger partial charge < -0.3 is 15.6 Å². The third-order valence-corrected chi connectivity index (χ3v) is 6.24. The van der Waals surface area contributed by atoms with E-state index in [9.17, 15) is 9.90 Å². The number of hydrogen-bond donors (Lipinski definition) is 2. The maximum atomic E-state index is 12.4. The van der Waals surface area contributed by atoms with Crippen molar-refractivity contribution in [2.24, 2.45) is 0 Å². The molecule has 0 amide bonds. The molecule has 174 valence electrons. The van der Waals surface area contributed by atoms with Crippen LogP contribution in [0.5, 0.6) is 0 Å². The molecule has 0 radical (unpaired) electrons. The first-order valence-electron chi connectivity index (χ1n) is 11.0. The summed E-state index contributed by atoms with van der Waals surface area (Å²) in [6.45, 7) is 13.5. The van der Waals surface area contributed by atoms with Crippen LogP contribution in [0, 0.1) is 27.7 Å². The van der Waals surface area contributed by atoms with Gasteiger partial charge in [0.2, 0.25) is 0 Å². The zero-order valence-electron chi connectivity index (χ0n) is 20.3. The van der Waals surface area contributed by atoms with Crippen molar-refractivity contribution in [2.75, 3.05) is 5.73 Å². The van der Waals surface area contributed by atoms with Gasteiger partial charge in [0, 0.05) is 21.8 Å². The number of aliphatic carboxylic acids is 1. The Kier molecular flexibility index (Phi) is 6.92. The minimum Gasteiger partial charge on any atom is -0.479 e. The third-order valence-electron chi connectivity index (χ3n) is 5.98. The van der Waals surface area contributed by atoms with E-state index in [2.05, 4.69) is 32.0 Å². The highest BCUT2D eigenvalue weighted by Gasteiger charge is 2.33. The van der Waals surface area contributed by atoms with E-state index >= 15 is 0 Å². The second-order valence-electron chi connectivity index (χ2n) is 9.58. The molecular formula is C28H32ClNO3. The predicted octanol–water partition coefficient (Wildman–Crippen LogP) is 7.43. The first-order chi connectivity index (χ1) is 15.3. The molecule has 33 heavy (non-hydrogen) atoms. The minimum atomic E-state index is -1.18. The number of carboxylic acid groups (broad SMARTS) is 1. The van der Waals surface area contributed by atoms with E-state index in [1.54, 1.807) is 0 Å². The maximum absolute atomic E-state index is 12.4. The van der Waals surface area contributed by atoms with E-state index in [0.29, 0.717) is 21.8 Å². The predicted molar refractivity (Wildman–Crippen MR) is 137 cm³/mol. The van der Waals surface area contributed by atoms with Crippen LogP contribution in [-0.2, 0) is 9.53 Å². The van der Waals surface area contributed by atoms with Crippen LogP contribution in [0.4, 0.5) is 5.69 Å². The molecule has 0 fully saturated rings. The van der Waals surface area contributed by atoms with Gasteiger partial charge in [-0.05, 0) is 99.5 Å². The number of anilines is 1. The Labute approximate surface area is 201 Å². The fourth-order valence-electron chi connectivity index (χ4n) is 4.22. The zero-order chi connectivity index (χ0) is 24.7. The smallest absolute Gasteiger partial charge is 0.337 e. The zero-order valence-corrected chi connectivity index (χ0v) is 21.1. The van der Waals surface area contributed by atoms with Gasteiger partial charge >= 0.3 is 5.97 Å². The van der Waals surface area contributed by atoms with E-state index in [0.717, 1.165) is 27.8 Å². The van der Waals surface area contributed by atoms with Gasteiger partial charge in [-0.15, -0.1) is 0 Å². The molecular weight excluding hydrogens is 434 g/mol. The highest BCUT2D eigenvalue weighted by molar-refractivity contribution is 6.30. The van der Waals surface area contributed by atoms with E-state index in [4.69, 9.17) is 22.1 Å². The molecule has 0 spiro atoms. The number of ether oxygens (including phenoxy) is 1. The number of nitrogens with two attached hydrogens (primary N) is 1. The second kappa shape index (κ2) is 9.20. The van der Waals surface area contributed by atoms with Gasteiger partial charge in [0.25, 0.3) is 0 Å². The second-order valence-corrected chi connectivity index (χ2v) is 10.0. The van der Waals surface area contributed by atoms with Crippen LogP contribution < -0.4 is 5.73 Å². The molecule has 1 atom stereocenters. The van der Waals surface area contributed by atoms with Gasteiger partial charge in [0.1, 0.15) is 0 Å². The van der Waals surface area contributed by atoms with Gasteiger partial charge in [-0.2, -0.15) is 0 Å². The van der Waals surface area contributed by atoms with Crippen molar-refractivity contribution in [3.8, 4) is 22.3 Å². The Morgan fingerprint density at radius 2 is 1.48 bits per heavy atom. The molecule has 5 heteroatoms. The van der Waals surface area contributed by atoms with Crippen LogP contribution in [0.1, 0.15) is 54.7 Å². The van der Waals surface area contributed by atoms with Gasteiger partial charge in [-0.3, -0.25) is 0 Å². The van der Waals surface area contributed by atoms with Crippen molar-refractivity contribution in [2.45, 2.75) is 60.2 Å². The highest BCUT2D eigenvalue weighted by Crippen LogP contribution is 2.45. The number of aryl methyl sites for hydroxylation is 2. The van der Waals surface area contributed by atoms with Gasteiger partial charge in [0.05, 0.1) is 5.60 Å². The Morgan fingerprint density at radius 1 is 0.909 bits per heavy atom. The summed E-state index contributed by atoms with van der Waals surface area (Å²) < 4.78 is 6.06. The summed E-state index contributed by atoms with van der Waals surface area (Å²) in [6.07, 6.45) is -1.18. The molecule has 0 aliphatic rings. The Morgan fingerprint density at radius 3 is 2.00 bits per heavy atom. The first-order valence-corrected chi connectivity index (χ1v) is 11.4. The average molecular weight is 466 g/mol. The molecule has 0 aromatic heterocycles. The monoisotopic (exact) mass is 465 g/mol. The van der Waals surface area contributed by atoms with Crippen molar-refractivity contribution < 1.29 is 14.6 Å². The molecule has 4 nitrogen and oxygen atoms in total. The van der Waals surface area contributed by atoms with Crippen LogP contribution in [0.15, 0.2) is 42.5 Å². The number of nitrogen functional groups attached to an aromatic ring is 1. The lowest BCUT2D eigenvalue weighted by Gasteiger charge is -2.30. The summed E-state index contributed by atoms with van der Waals surface area (Å²) in [6, 6.07) is 13.7. The van der Waals surface area contributed by atoms with Gasteiger partial charge in [-0.25, -0.2) is 4.79 Å². The van der Waals surface area contributed by atoms with E-state index < -0.39 is 17.7 Å². The van der Waals surface area contributed by atoms with Crippen LogP contribution >= 0.6 is 11.6 Å². The lowest BCUT2D eigenvalue weighted by atomic mass is 9.82. The molecule has 3 N–H and O–H groups in total. The average Bonchev–Trinajstić information content (AvgIpc) is 2.72. The molecule has 3 aromatic rings. The number of carbonyl (C=O) groups is 1. The van der Waals surface area contributed by atoms with Crippen LogP contribution in [0.2, 0.25) is 5.02 Å². The van der Waals surface area contributed by atoms with Gasteiger partial charge in [0.15, 0.2) is 6.10 Å². The normalized spacial score (nSPS) is 12.6. The summed E-state index contributed by atoms with van der Waals surface area (Å²) >= 11 is 6.16. The molecule has 0 aliphatic carbocycles. The summed E-state index contributed by atoms with van der Waals surface area (Å²) in [5.41, 5.74) is 14.7. The number of rotatable bonds is 5. The van der Waals surface area contributed by atoms with E-state index in [-0.39, 0.29) is 0 Å². The maximum Gasteiger partial charge on any atom is 0.337 e. The fourth-order valence-corrected chi connectivity index (χ4v) is 4.35. The number of carboxylic acids is 1. The number of benzene rings is 3. The Balaban J connectivity index is 2.43. The van der Waals surface area contributed by atoms with Crippen molar-refractivity contribution >= 4 is 23.3 Å². The van der Waals surface area contributed by atoms with Crippen molar-refractivity contribution in [1.82, 2.24) is 0 Å². The van der Waals surface area contributed by atoms with Crippen LogP contribution in [-0.4, -0.2) is 16.7 Å². The first kappa shape index (κ1) is 24.8. The summed E-state index contributed by atoms with van der Waals surface area (Å²) in [5, 5.41) is 10.8. The summed E-state index contributed by atoms with van der Waals surface area (Å²) in [4.78, 5) is 12.4. The van der Waals surface area contributed by atoms with Crippen LogP contribution in [0.3, 0.4) is 0 Å². The number of hydrogen-bond acceptors (Lipinski definition) is 3. The minimum absolute atomic E-state index is 0.562. The SMILES string of the molecule is Cc1ccc(-c2c(C)c(-c3ccc(Cl)cc3)c(C(OC(C)(C)C)C(=O)O)c(C)c2N)cc1C. The molecule has 3 aromatic carbocycles. The van der Waals surface area contributed by atoms with Crippen molar-refractivity contribution in [3.05, 3.63) is 75.3 Å². The van der Waals surface area contributed by atoms with Crippen molar-refractivity contribution in [1.29, 1.82) is 0 Å². The molecule has 0 saturated heterocycles. The summed E-state index contributed by atoms with van der Waals surface area (Å²) in [7, 11) is 0. The third kappa shape index (κ3) is 5.07. The largest absolute Gasteiger partial charge is 0.479 e. The molecule has 1 unspecified atom stereocenters. The molecule has 3 rings (SSSR count). The quantitative estimate of drug-likeness (QED) is 0.384. The van der Waals surface area contributed by atoms with Crippen LogP contribution in [0.25, 0.3) is 22.3 Å². The summed E-state index contributed by atoms with van der Waals surface area (Å²) in [5.74, 6) is -1.05. The van der Waals surface area contributed by atoms with Crippen molar-refractivity contribution in [3.63, 3.8) is 0 Å². The Hall–Kier alpha value is -2.82. The lowest BCUT2D eigenvalue weighted by Crippen LogP contribution is -2.28. The molecule has 0 heterocycles. The van der Waals surface area contributed by atoms with E-state index in [1.165, 1.54) is 11.1 Å². The molecule has 0 bridgehead atoms. The molecule has 0 saturated carbocycles. The highest BCUT2D eigenvalue weighted by atomic mass is 35.5. The standard InChI is InChI=1S/C28H32ClNO3/c1-15-8-9-20(14-16(15)2)23-17(3)22(19-10-12-21(29)13-11-19)24(18(4)25(23)30)26(27(31)32)33-28(5,6)7/h8-14,26H,30H2,1-7H3,(H,31,32). The van der Waals surface area contributed by atoms with Gasteiger partial charge in [-0.1, -0.05) is 41.9 Å². The molecule has 0 aliphatic heterocycles. The Bertz CT molecular complexity index is 1210. The topological polar surface area (TPSA) is 72.5 Å². The fraction of sp³-hybridized carbons (Fsp3) is 0.321. The lowest BCUT2D eigenvalue weighted by molar-refractivity contribution is -0.160. The van der Waals surface area contributed by atoms with E-state index in [1.807, 2.05) is 58.9 Å².